The van der Waals surface area contributed by atoms with Gasteiger partial charge >= 0.3 is 5.97 Å². The van der Waals surface area contributed by atoms with Gasteiger partial charge in [-0.1, -0.05) is 0 Å². The third kappa shape index (κ3) is 3.61. The van der Waals surface area contributed by atoms with Crippen molar-refractivity contribution in [3.8, 4) is 11.5 Å². The third-order valence-corrected chi connectivity index (χ3v) is 2.65. The summed E-state index contributed by atoms with van der Waals surface area (Å²) in [5, 5.41) is 9.72. The summed E-state index contributed by atoms with van der Waals surface area (Å²) in [5.74, 6) is -0.675. The van der Waals surface area contributed by atoms with Crippen LogP contribution in [0.1, 0.15) is 17.3 Å². The van der Waals surface area contributed by atoms with Gasteiger partial charge in [0.25, 0.3) is 5.91 Å². The van der Waals surface area contributed by atoms with E-state index in [-0.39, 0.29) is 17.9 Å². The van der Waals surface area contributed by atoms with E-state index in [0.29, 0.717) is 12.3 Å². The Morgan fingerprint density at radius 1 is 1.32 bits per heavy atom. The molecule has 6 nitrogen and oxygen atoms in total. The Balaban J connectivity index is 2.99. The molecule has 6 heteroatoms. The van der Waals surface area contributed by atoms with Gasteiger partial charge in [-0.05, 0) is 25.1 Å². The van der Waals surface area contributed by atoms with E-state index >= 15 is 0 Å². The van der Waals surface area contributed by atoms with E-state index in [1.54, 1.807) is 13.0 Å². The van der Waals surface area contributed by atoms with Gasteiger partial charge in [-0.25, -0.2) is 0 Å². The molecule has 1 rings (SSSR count). The number of ether oxygens (including phenoxy) is 2. The first-order valence-corrected chi connectivity index (χ1v) is 5.76. The molecular formula is C13H17NO5. The highest BCUT2D eigenvalue weighted by molar-refractivity contribution is 5.98. The van der Waals surface area contributed by atoms with Crippen LogP contribution in [-0.4, -0.2) is 49.2 Å². The van der Waals surface area contributed by atoms with Gasteiger partial charge in [-0.3, -0.25) is 9.59 Å². The number of amides is 1. The summed E-state index contributed by atoms with van der Waals surface area (Å²) in [6.07, 6.45) is 0. The van der Waals surface area contributed by atoms with Crippen LogP contribution >= 0.6 is 0 Å². The van der Waals surface area contributed by atoms with E-state index in [2.05, 4.69) is 4.74 Å². The minimum atomic E-state index is -0.516. The Hall–Kier alpha value is -2.24. The second-order valence-electron chi connectivity index (χ2n) is 3.78. The van der Waals surface area contributed by atoms with Crippen LogP contribution in [0.15, 0.2) is 18.2 Å². The van der Waals surface area contributed by atoms with E-state index in [1.807, 2.05) is 0 Å². The number of benzene rings is 1. The molecule has 19 heavy (non-hydrogen) atoms. The van der Waals surface area contributed by atoms with Crippen molar-refractivity contribution in [2.45, 2.75) is 6.92 Å². The second-order valence-corrected chi connectivity index (χ2v) is 3.78. The molecule has 1 N–H and O–H groups in total. The standard InChI is InChI=1S/C13H17NO5/c1-4-14(8-12(16)19-3)13(17)10-7-9(18-2)5-6-11(10)15/h5-7,15H,4,8H2,1-3H3. The summed E-state index contributed by atoms with van der Waals surface area (Å²) in [4.78, 5) is 24.7. The first-order valence-electron chi connectivity index (χ1n) is 5.76. The van der Waals surface area contributed by atoms with E-state index in [1.165, 1.54) is 31.3 Å². The summed E-state index contributed by atoms with van der Waals surface area (Å²) in [7, 11) is 2.72. The van der Waals surface area contributed by atoms with Crippen molar-refractivity contribution in [2.24, 2.45) is 0 Å². The Morgan fingerprint density at radius 2 is 2.00 bits per heavy atom. The van der Waals surface area contributed by atoms with Crippen molar-refractivity contribution in [1.29, 1.82) is 0 Å². The summed E-state index contributed by atoms with van der Waals surface area (Å²) in [5.41, 5.74) is 0.0881. The highest BCUT2D eigenvalue weighted by atomic mass is 16.5. The normalized spacial score (nSPS) is 9.84. The van der Waals surface area contributed by atoms with Gasteiger partial charge in [0.05, 0.1) is 19.8 Å². The molecule has 0 radical (unpaired) electrons. The number of carbonyl (C=O) groups is 2. The van der Waals surface area contributed by atoms with Crippen molar-refractivity contribution in [3.63, 3.8) is 0 Å². The SMILES string of the molecule is CCN(CC(=O)OC)C(=O)c1cc(OC)ccc1O. The van der Waals surface area contributed by atoms with Gasteiger partial charge in [-0.2, -0.15) is 0 Å². The fraction of sp³-hybridized carbons (Fsp3) is 0.385. The number of likely N-dealkylation sites (N-methyl/N-ethyl adjacent to an activating group) is 1. The zero-order chi connectivity index (χ0) is 14.4. The quantitative estimate of drug-likeness (QED) is 0.806. The number of esters is 1. The molecule has 1 aromatic rings. The molecule has 0 heterocycles. The molecule has 1 aromatic carbocycles. The molecule has 0 saturated carbocycles. The number of nitrogens with zero attached hydrogens (tertiary/aromatic N) is 1. The number of carbonyl (C=O) groups excluding carboxylic acids is 2. The average molecular weight is 267 g/mol. The molecule has 0 fully saturated rings. The van der Waals surface area contributed by atoms with E-state index < -0.39 is 11.9 Å². The van der Waals surface area contributed by atoms with Crippen LogP contribution in [0.5, 0.6) is 11.5 Å². The Bertz CT molecular complexity index is 472. The van der Waals surface area contributed by atoms with Crippen LogP contribution in [-0.2, 0) is 9.53 Å². The maximum Gasteiger partial charge on any atom is 0.325 e. The predicted octanol–water partition coefficient (Wildman–Crippen LogP) is 1.04. The third-order valence-electron chi connectivity index (χ3n) is 2.65. The van der Waals surface area contributed by atoms with Gasteiger partial charge in [0.2, 0.25) is 0 Å². The van der Waals surface area contributed by atoms with Gasteiger partial charge in [-0.15, -0.1) is 0 Å². The number of aromatic hydroxyl groups is 1. The van der Waals surface area contributed by atoms with Gasteiger partial charge in [0, 0.05) is 6.54 Å². The number of hydrogen-bond acceptors (Lipinski definition) is 5. The molecule has 1 amide bonds. The maximum atomic E-state index is 12.2. The largest absolute Gasteiger partial charge is 0.507 e. The number of hydrogen-bond donors (Lipinski definition) is 1. The molecule has 0 aliphatic heterocycles. The minimum Gasteiger partial charge on any atom is -0.507 e. The zero-order valence-electron chi connectivity index (χ0n) is 11.2. The summed E-state index contributed by atoms with van der Waals surface area (Å²) < 4.78 is 9.53. The van der Waals surface area contributed by atoms with E-state index in [9.17, 15) is 14.7 Å². The molecule has 0 spiro atoms. The minimum absolute atomic E-state index is 0.0881. The molecule has 0 unspecified atom stereocenters. The second kappa shape index (κ2) is 6.63. The lowest BCUT2D eigenvalue weighted by atomic mass is 10.1. The molecule has 0 bridgehead atoms. The lowest BCUT2D eigenvalue weighted by Gasteiger charge is -2.20. The van der Waals surface area contributed by atoms with Gasteiger partial charge in [0.15, 0.2) is 0 Å². The zero-order valence-corrected chi connectivity index (χ0v) is 11.2. The lowest BCUT2D eigenvalue weighted by molar-refractivity contribution is -0.141. The van der Waals surface area contributed by atoms with E-state index in [4.69, 9.17) is 4.74 Å². The van der Waals surface area contributed by atoms with Crippen molar-refractivity contribution < 1.29 is 24.2 Å². The van der Waals surface area contributed by atoms with Crippen molar-refractivity contribution >= 4 is 11.9 Å². The highest BCUT2D eigenvalue weighted by Crippen LogP contribution is 2.24. The summed E-state index contributed by atoms with van der Waals surface area (Å²) in [6, 6.07) is 4.35. The Kier molecular flexibility index (Phi) is 5.17. The van der Waals surface area contributed by atoms with Crippen LogP contribution in [0.4, 0.5) is 0 Å². The smallest absolute Gasteiger partial charge is 0.325 e. The monoisotopic (exact) mass is 267 g/mol. The summed E-state index contributed by atoms with van der Waals surface area (Å²) in [6.45, 7) is 1.89. The Labute approximate surface area is 111 Å². The topological polar surface area (TPSA) is 76.1 Å². The molecule has 0 aliphatic rings. The Morgan fingerprint density at radius 3 is 2.53 bits per heavy atom. The molecule has 0 aliphatic carbocycles. The van der Waals surface area contributed by atoms with Crippen LogP contribution in [0.3, 0.4) is 0 Å². The lowest BCUT2D eigenvalue weighted by Crippen LogP contribution is -2.36. The number of rotatable bonds is 5. The van der Waals surface area contributed by atoms with Crippen LogP contribution < -0.4 is 4.74 Å². The molecular weight excluding hydrogens is 250 g/mol. The summed E-state index contributed by atoms with van der Waals surface area (Å²) >= 11 is 0. The first-order chi connectivity index (χ1) is 9.03. The predicted molar refractivity (Wildman–Crippen MR) is 68.3 cm³/mol. The first kappa shape index (κ1) is 14.8. The molecule has 0 aromatic heterocycles. The molecule has 0 saturated heterocycles. The molecule has 0 atom stereocenters. The highest BCUT2D eigenvalue weighted by Gasteiger charge is 2.21. The number of phenols is 1. The maximum absolute atomic E-state index is 12.2. The fourth-order valence-electron chi connectivity index (χ4n) is 1.53. The van der Waals surface area contributed by atoms with Crippen LogP contribution in [0, 0.1) is 0 Å². The van der Waals surface area contributed by atoms with E-state index in [0.717, 1.165) is 0 Å². The van der Waals surface area contributed by atoms with Crippen molar-refractivity contribution in [1.82, 2.24) is 4.90 Å². The number of methoxy groups -OCH3 is 2. The average Bonchev–Trinajstić information content (AvgIpc) is 2.44. The van der Waals surface area contributed by atoms with Crippen molar-refractivity contribution in [3.05, 3.63) is 23.8 Å². The van der Waals surface area contributed by atoms with Gasteiger partial charge < -0.3 is 19.5 Å². The van der Waals surface area contributed by atoms with Crippen LogP contribution in [0.25, 0.3) is 0 Å². The van der Waals surface area contributed by atoms with Crippen LogP contribution in [0.2, 0.25) is 0 Å². The fourth-order valence-corrected chi connectivity index (χ4v) is 1.53. The van der Waals surface area contributed by atoms with Gasteiger partial charge in [0.1, 0.15) is 18.0 Å². The van der Waals surface area contributed by atoms with Crippen molar-refractivity contribution in [2.75, 3.05) is 27.3 Å². The number of phenolic OH excluding ortho intramolecular Hbond substituents is 1. The molecule has 104 valence electrons.